The smallest absolute Gasteiger partial charge is 0.288 e. The highest BCUT2D eigenvalue weighted by Crippen LogP contribution is 2.25. The van der Waals surface area contributed by atoms with Crippen LogP contribution in [0.4, 0.5) is 5.69 Å². The molecule has 27 heavy (non-hydrogen) atoms. The standard InChI is InChI=1S/C19H19ClN2O4S/c20-17-7-5-14(11-18(17)22(24)25)6-8-19(23)21(12-15-3-1-9-26-15)13-16-4-2-10-27-16/h2,4-8,10-11,15H,1,3,9,12-13H2/b8-6+. The molecule has 1 aromatic heterocycles. The Balaban J connectivity index is 1.73. The molecule has 1 saturated heterocycles. The molecule has 0 bridgehead atoms. The summed E-state index contributed by atoms with van der Waals surface area (Å²) in [7, 11) is 0. The summed E-state index contributed by atoms with van der Waals surface area (Å²) in [6, 6.07) is 8.41. The van der Waals surface area contributed by atoms with Crippen molar-refractivity contribution in [2.45, 2.75) is 25.5 Å². The van der Waals surface area contributed by atoms with Crippen molar-refractivity contribution in [3.05, 3.63) is 67.4 Å². The Morgan fingerprint density at radius 3 is 2.96 bits per heavy atom. The first-order valence-electron chi connectivity index (χ1n) is 8.58. The SMILES string of the molecule is O=C(/C=C/c1ccc(Cl)c([N+](=O)[O-])c1)N(Cc1cccs1)CC1CCCO1. The number of carbonyl (C=O) groups excluding carboxylic acids is 1. The third-order valence-electron chi connectivity index (χ3n) is 4.27. The van der Waals surface area contributed by atoms with Gasteiger partial charge in [-0.3, -0.25) is 14.9 Å². The molecule has 0 N–H and O–H groups in total. The molecule has 1 aromatic carbocycles. The zero-order valence-electron chi connectivity index (χ0n) is 14.5. The van der Waals surface area contributed by atoms with Crippen molar-refractivity contribution in [2.75, 3.05) is 13.2 Å². The molecule has 142 valence electrons. The highest BCUT2D eigenvalue weighted by atomic mass is 35.5. The average molecular weight is 407 g/mol. The molecule has 2 aromatic rings. The number of nitro groups is 1. The van der Waals surface area contributed by atoms with Gasteiger partial charge in [-0.1, -0.05) is 23.7 Å². The number of rotatable bonds is 7. The number of thiophene rings is 1. The largest absolute Gasteiger partial charge is 0.376 e. The predicted molar refractivity (Wildman–Crippen MR) is 106 cm³/mol. The molecule has 1 unspecified atom stereocenters. The molecular weight excluding hydrogens is 388 g/mol. The van der Waals surface area contributed by atoms with Crippen LogP contribution in [0.25, 0.3) is 6.08 Å². The zero-order chi connectivity index (χ0) is 19.2. The lowest BCUT2D eigenvalue weighted by atomic mass is 10.1. The maximum Gasteiger partial charge on any atom is 0.288 e. The van der Waals surface area contributed by atoms with Crippen molar-refractivity contribution in [2.24, 2.45) is 0 Å². The molecule has 0 saturated carbocycles. The van der Waals surface area contributed by atoms with E-state index < -0.39 is 4.92 Å². The second-order valence-corrected chi connectivity index (χ2v) is 7.67. The molecule has 0 aliphatic carbocycles. The van der Waals surface area contributed by atoms with E-state index in [0.29, 0.717) is 18.7 Å². The summed E-state index contributed by atoms with van der Waals surface area (Å²) < 4.78 is 5.67. The molecule has 2 heterocycles. The molecule has 6 nitrogen and oxygen atoms in total. The first-order chi connectivity index (χ1) is 13.0. The molecule has 0 radical (unpaired) electrons. The number of hydrogen-bond acceptors (Lipinski definition) is 5. The third kappa shape index (κ3) is 5.38. The van der Waals surface area contributed by atoms with Crippen LogP contribution in [-0.2, 0) is 16.1 Å². The van der Waals surface area contributed by atoms with Crippen LogP contribution in [0.3, 0.4) is 0 Å². The number of carbonyl (C=O) groups is 1. The van der Waals surface area contributed by atoms with Gasteiger partial charge in [-0.05, 0) is 42.0 Å². The highest BCUT2D eigenvalue weighted by Gasteiger charge is 2.22. The minimum Gasteiger partial charge on any atom is -0.376 e. The summed E-state index contributed by atoms with van der Waals surface area (Å²) in [5, 5.41) is 13.0. The Labute approximate surface area is 166 Å². The first-order valence-corrected chi connectivity index (χ1v) is 9.83. The van der Waals surface area contributed by atoms with Gasteiger partial charge in [0.05, 0.1) is 17.6 Å². The van der Waals surface area contributed by atoms with Crippen LogP contribution >= 0.6 is 22.9 Å². The van der Waals surface area contributed by atoms with Gasteiger partial charge in [-0.25, -0.2) is 0 Å². The normalized spacial score (nSPS) is 16.7. The van der Waals surface area contributed by atoms with Gasteiger partial charge >= 0.3 is 0 Å². The fourth-order valence-corrected chi connectivity index (χ4v) is 3.81. The van der Waals surface area contributed by atoms with Gasteiger partial charge < -0.3 is 9.64 Å². The highest BCUT2D eigenvalue weighted by molar-refractivity contribution is 7.09. The molecule has 1 amide bonds. The second kappa shape index (κ2) is 9.12. The topological polar surface area (TPSA) is 72.7 Å². The van der Waals surface area contributed by atoms with Gasteiger partial charge in [0, 0.05) is 30.2 Å². The Kier molecular flexibility index (Phi) is 6.60. The second-order valence-electron chi connectivity index (χ2n) is 6.23. The Morgan fingerprint density at radius 2 is 2.30 bits per heavy atom. The quantitative estimate of drug-likeness (QED) is 0.384. The van der Waals surface area contributed by atoms with E-state index in [4.69, 9.17) is 16.3 Å². The molecule has 1 aliphatic rings. The van der Waals surface area contributed by atoms with Gasteiger partial charge in [0.2, 0.25) is 5.91 Å². The fourth-order valence-electron chi connectivity index (χ4n) is 2.90. The van der Waals surface area contributed by atoms with E-state index in [0.717, 1.165) is 24.3 Å². The van der Waals surface area contributed by atoms with Gasteiger partial charge in [0.15, 0.2) is 0 Å². The summed E-state index contributed by atoms with van der Waals surface area (Å²) in [5.41, 5.74) is 0.369. The van der Waals surface area contributed by atoms with E-state index in [2.05, 4.69) is 0 Å². The number of ether oxygens (including phenoxy) is 1. The van der Waals surface area contributed by atoms with Crippen molar-refractivity contribution in [1.29, 1.82) is 0 Å². The average Bonchev–Trinajstić information content (AvgIpc) is 3.34. The number of nitrogens with zero attached hydrogens (tertiary/aromatic N) is 2. The van der Waals surface area contributed by atoms with Crippen LogP contribution in [-0.4, -0.2) is 35.0 Å². The molecule has 8 heteroatoms. The van der Waals surface area contributed by atoms with Crippen LogP contribution in [0.1, 0.15) is 23.3 Å². The van der Waals surface area contributed by atoms with Gasteiger partial charge in [0.25, 0.3) is 5.69 Å². The third-order valence-corrected chi connectivity index (χ3v) is 5.45. The van der Waals surface area contributed by atoms with Gasteiger partial charge in [0.1, 0.15) is 5.02 Å². The minimum atomic E-state index is -0.540. The van der Waals surface area contributed by atoms with Gasteiger partial charge in [-0.15, -0.1) is 11.3 Å². The van der Waals surface area contributed by atoms with E-state index in [1.54, 1.807) is 28.4 Å². The number of halogens is 1. The van der Waals surface area contributed by atoms with Crippen LogP contribution in [0.2, 0.25) is 5.02 Å². The number of hydrogen-bond donors (Lipinski definition) is 0. The lowest BCUT2D eigenvalue weighted by Gasteiger charge is -2.23. The minimum absolute atomic E-state index is 0.0546. The van der Waals surface area contributed by atoms with Crippen molar-refractivity contribution in [1.82, 2.24) is 4.90 Å². The van der Waals surface area contributed by atoms with E-state index in [-0.39, 0.29) is 22.7 Å². The molecule has 1 fully saturated rings. The Morgan fingerprint density at radius 1 is 1.44 bits per heavy atom. The van der Waals surface area contributed by atoms with Crippen molar-refractivity contribution >= 4 is 40.6 Å². The van der Waals surface area contributed by atoms with Crippen LogP contribution in [0.5, 0.6) is 0 Å². The van der Waals surface area contributed by atoms with Crippen LogP contribution in [0, 0.1) is 10.1 Å². The lowest BCUT2D eigenvalue weighted by molar-refractivity contribution is -0.384. The van der Waals surface area contributed by atoms with Crippen molar-refractivity contribution < 1.29 is 14.5 Å². The molecule has 1 atom stereocenters. The summed E-state index contributed by atoms with van der Waals surface area (Å²) in [6.07, 6.45) is 5.02. The molecule has 0 spiro atoms. The molecular formula is C19H19ClN2O4S. The summed E-state index contributed by atoms with van der Waals surface area (Å²) in [5.74, 6) is -0.156. The fraction of sp³-hybridized carbons (Fsp3) is 0.316. The van der Waals surface area contributed by atoms with Crippen LogP contribution in [0.15, 0.2) is 41.8 Å². The maximum atomic E-state index is 12.7. The first kappa shape index (κ1) is 19.5. The number of nitro benzene ring substituents is 1. The lowest BCUT2D eigenvalue weighted by Crippen LogP contribution is -2.35. The summed E-state index contributed by atoms with van der Waals surface area (Å²) in [4.78, 5) is 26.1. The van der Waals surface area contributed by atoms with Crippen molar-refractivity contribution in [3.63, 3.8) is 0 Å². The molecule has 1 aliphatic heterocycles. The van der Waals surface area contributed by atoms with Crippen molar-refractivity contribution in [3.8, 4) is 0 Å². The summed E-state index contributed by atoms with van der Waals surface area (Å²) >= 11 is 7.42. The summed E-state index contributed by atoms with van der Waals surface area (Å²) in [6.45, 7) is 1.78. The Hall–Kier alpha value is -2.22. The Bertz CT molecular complexity index is 832. The van der Waals surface area contributed by atoms with E-state index in [1.807, 2.05) is 17.5 Å². The van der Waals surface area contributed by atoms with Crippen LogP contribution < -0.4 is 0 Å². The predicted octanol–water partition coefficient (Wildman–Crippen LogP) is 4.53. The molecule has 3 rings (SSSR count). The van der Waals surface area contributed by atoms with E-state index in [9.17, 15) is 14.9 Å². The number of amides is 1. The van der Waals surface area contributed by atoms with E-state index >= 15 is 0 Å². The monoisotopic (exact) mass is 406 g/mol. The van der Waals surface area contributed by atoms with Gasteiger partial charge in [-0.2, -0.15) is 0 Å². The van der Waals surface area contributed by atoms with E-state index in [1.165, 1.54) is 18.2 Å². The maximum absolute atomic E-state index is 12.7. The number of benzene rings is 1. The zero-order valence-corrected chi connectivity index (χ0v) is 16.1.